The van der Waals surface area contributed by atoms with Crippen molar-refractivity contribution in [1.29, 1.82) is 0 Å². The summed E-state index contributed by atoms with van der Waals surface area (Å²) in [5, 5.41) is 4.70. The zero-order valence-electron chi connectivity index (χ0n) is 10.4. The summed E-state index contributed by atoms with van der Waals surface area (Å²) in [6.45, 7) is 6.90. The molecular weight excluding hydrogens is 218 g/mol. The zero-order valence-corrected chi connectivity index (χ0v) is 11.2. The van der Waals surface area contributed by atoms with Crippen LogP contribution in [-0.2, 0) is 0 Å². The predicted molar refractivity (Wildman–Crippen MR) is 72.1 cm³/mol. The van der Waals surface area contributed by atoms with Crippen molar-refractivity contribution in [1.82, 2.24) is 10.2 Å². The highest BCUT2D eigenvalue weighted by atomic mass is 32.2. The lowest BCUT2D eigenvalue weighted by molar-refractivity contribution is 0.220. The molecule has 4 heteroatoms. The van der Waals surface area contributed by atoms with E-state index in [1.54, 1.807) is 0 Å². The van der Waals surface area contributed by atoms with E-state index >= 15 is 0 Å². The van der Waals surface area contributed by atoms with E-state index in [2.05, 4.69) is 29.2 Å². The molecule has 0 spiro atoms. The van der Waals surface area contributed by atoms with E-state index in [-0.39, 0.29) is 0 Å². The molecule has 1 fully saturated rings. The fourth-order valence-corrected chi connectivity index (χ4v) is 3.06. The summed E-state index contributed by atoms with van der Waals surface area (Å²) in [5.41, 5.74) is 0. The van der Waals surface area contributed by atoms with Gasteiger partial charge in [0.2, 0.25) is 0 Å². The molecule has 2 rings (SSSR count). The van der Waals surface area contributed by atoms with Crippen LogP contribution in [0.3, 0.4) is 0 Å². The lowest BCUT2D eigenvalue weighted by Gasteiger charge is -2.29. The number of nitrogens with zero attached hydrogens (tertiary/aromatic N) is 2. The second-order valence-corrected chi connectivity index (χ2v) is 6.20. The highest BCUT2D eigenvalue weighted by molar-refractivity contribution is 8.13. The van der Waals surface area contributed by atoms with Crippen LogP contribution in [0.5, 0.6) is 0 Å². The van der Waals surface area contributed by atoms with E-state index in [1.165, 1.54) is 36.9 Å². The fourth-order valence-electron chi connectivity index (χ4n) is 2.16. The standard InChI is InChI=1S/C12H23N3S/c1-10-7-13-12(16-9-10)14-8-11-3-5-15(2)6-4-11/h10-11H,3-9H2,1-2H3,(H,13,14). The van der Waals surface area contributed by atoms with Crippen molar-refractivity contribution in [2.45, 2.75) is 19.8 Å². The highest BCUT2D eigenvalue weighted by Gasteiger charge is 2.18. The number of thioether (sulfide) groups is 1. The van der Waals surface area contributed by atoms with Crippen LogP contribution in [0.25, 0.3) is 0 Å². The van der Waals surface area contributed by atoms with Gasteiger partial charge in [0, 0.05) is 18.8 Å². The summed E-state index contributed by atoms with van der Waals surface area (Å²) >= 11 is 1.89. The summed E-state index contributed by atoms with van der Waals surface area (Å²) < 4.78 is 0. The number of hydrogen-bond acceptors (Lipinski definition) is 4. The van der Waals surface area contributed by atoms with Crippen molar-refractivity contribution >= 4 is 16.9 Å². The van der Waals surface area contributed by atoms with Crippen molar-refractivity contribution in [2.75, 3.05) is 39.0 Å². The van der Waals surface area contributed by atoms with Crippen LogP contribution < -0.4 is 5.32 Å². The Morgan fingerprint density at radius 1 is 1.44 bits per heavy atom. The molecule has 2 aliphatic rings. The number of aliphatic imine (C=N–C) groups is 1. The molecule has 1 N–H and O–H groups in total. The Morgan fingerprint density at radius 3 is 2.81 bits per heavy atom. The van der Waals surface area contributed by atoms with Crippen LogP contribution in [0.4, 0.5) is 0 Å². The first-order valence-electron chi connectivity index (χ1n) is 6.33. The van der Waals surface area contributed by atoms with Crippen molar-refractivity contribution in [3.63, 3.8) is 0 Å². The van der Waals surface area contributed by atoms with E-state index in [0.717, 1.165) is 24.9 Å². The molecule has 0 aliphatic carbocycles. The van der Waals surface area contributed by atoms with Crippen LogP contribution in [0, 0.1) is 11.8 Å². The van der Waals surface area contributed by atoms with E-state index in [9.17, 15) is 0 Å². The Morgan fingerprint density at radius 2 is 2.19 bits per heavy atom. The maximum absolute atomic E-state index is 4.57. The lowest BCUT2D eigenvalue weighted by atomic mass is 9.97. The first-order valence-corrected chi connectivity index (χ1v) is 7.32. The molecule has 0 amide bonds. The van der Waals surface area contributed by atoms with Gasteiger partial charge >= 0.3 is 0 Å². The van der Waals surface area contributed by atoms with E-state index in [1.807, 2.05) is 11.8 Å². The molecule has 3 nitrogen and oxygen atoms in total. The molecule has 16 heavy (non-hydrogen) atoms. The molecule has 0 radical (unpaired) electrons. The minimum atomic E-state index is 0.749. The SMILES string of the molecule is CC1CN=C(NCC2CCN(C)CC2)SC1. The van der Waals surface area contributed by atoms with Gasteiger partial charge in [0.1, 0.15) is 0 Å². The Kier molecular flexibility index (Phi) is 4.53. The van der Waals surface area contributed by atoms with Gasteiger partial charge in [-0.3, -0.25) is 4.99 Å². The monoisotopic (exact) mass is 241 g/mol. The molecule has 1 atom stereocenters. The molecular formula is C12H23N3S. The Labute approximate surface area is 103 Å². The van der Waals surface area contributed by atoms with Gasteiger partial charge in [0.15, 0.2) is 5.17 Å². The molecule has 92 valence electrons. The Hall–Kier alpha value is -0.220. The maximum Gasteiger partial charge on any atom is 0.156 e. The summed E-state index contributed by atoms with van der Waals surface area (Å²) in [5.74, 6) is 2.82. The van der Waals surface area contributed by atoms with Gasteiger partial charge in [-0.25, -0.2) is 0 Å². The van der Waals surface area contributed by atoms with E-state index in [0.29, 0.717) is 0 Å². The summed E-state index contributed by atoms with van der Waals surface area (Å²) in [6, 6.07) is 0. The minimum Gasteiger partial charge on any atom is -0.365 e. The Bertz CT molecular complexity index is 247. The van der Waals surface area contributed by atoms with Crippen molar-refractivity contribution in [3.8, 4) is 0 Å². The molecule has 2 heterocycles. The molecule has 0 saturated carbocycles. The molecule has 1 unspecified atom stereocenters. The lowest BCUT2D eigenvalue weighted by Crippen LogP contribution is -2.37. The molecule has 0 aromatic rings. The third kappa shape index (κ3) is 3.67. The second kappa shape index (κ2) is 5.92. The Balaban J connectivity index is 1.67. The van der Waals surface area contributed by atoms with E-state index in [4.69, 9.17) is 0 Å². The number of nitrogens with one attached hydrogen (secondary N) is 1. The second-order valence-electron chi connectivity index (χ2n) is 5.19. The summed E-state index contributed by atoms with van der Waals surface area (Å²) in [6.07, 6.45) is 2.66. The smallest absolute Gasteiger partial charge is 0.156 e. The van der Waals surface area contributed by atoms with Crippen LogP contribution in [0.2, 0.25) is 0 Å². The van der Waals surface area contributed by atoms with Crippen molar-refractivity contribution in [3.05, 3.63) is 0 Å². The molecule has 0 aromatic heterocycles. The van der Waals surface area contributed by atoms with Crippen LogP contribution in [0.1, 0.15) is 19.8 Å². The van der Waals surface area contributed by atoms with Gasteiger partial charge in [0.05, 0.1) is 0 Å². The number of hydrogen-bond donors (Lipinski definition) is 1. The molecule has 1 saturated heterocycles. The number of piperidine rings is 1. The summed E-state index contributed by atoms with van der Waals surface area (Å²) in [4.78, 5) is 6.99. The fraction of sp³-hybridized carbons (Fsp3) is 0.917. The van der Waals surface area contributed by atoms with Crippen molar-refractivity contribution in [2.24, 2.45) is 16.8 Å². The van der Waals surface area contributed by atoms with Gasteiger partial charge in [-0.05, 0) is 44.8 Å². The molecule has 0 aromatic carbocycles. The summed E-state index contributed by atoms with van der Waals surface area (Å²) in [7, 11) is 2.21. The van der Waals surface area contributed by atoms with Crippen LogP contribution >= 0.6 is 11.8 Å². The molecule has 2 aliphatic heterocycles. The first-order chi connectivity index (χ1) is 7.74. The first kappa shape index (κ1) is 12.2. The minimum absolute atomic E-state index is 0.749. The zero-order chi connectivity index (χ0) is 11.4. The average Bonchev–Trinajstić information content (AvgIpc) is 2.30. The average molecular weight is 241 g/mol. The predicted octanol–water partition coefficient (Wildman–Crippen LogP) is 1.66. The molecule has 0 bridgehead atoms. The van der Waals surface area contributed by atoms with Gasteiger partial charge < -0.3 is 10.2 Å². The highest BCUT2D eigenvalue weighted by Crippen LogP contribution is 2.18. The number of likely N-dealkylation sites (tertiary alicyclic amines) is 1. The van der Waals surface area contributed by atoms with Gasteiger partial charge in [-0.15, -0.1) is 0 Å². The van der Waals surface area contributed by atoms with Crippen molar-refractivity contribution < 1.29 is 0 Å². The number of rotatable bonds is 2. The normalized spacial score (nSPS) is 28.9. The van der Waals surface area contributed by atoms with Gasteiger partial charge in [-0.1, -0.05) is 18.7 Å². The van der Waals surface area contributed by atoms with Gasteiger partial charge in [-0.2, -0.15) is 0 Å². The quantitative estimate of drug-likeness (QED) is 0.797. The van der Waals surface area contributed by atoms with Crippen LogP contribution in [0.15, 0.2) is 4.99 Å². The van der Waals surface area contributed by atoms with Crippen LogP contribution in [-0.4, -0.2) is 49.0 Å². The largest absolute Gasteiger partial charge is 0.365 e. The van der Waals surface area contributed by atoms with Gasteiger partial charge in [0.25, 0.3) is 0 Å². The number of amidine groups is 1. The third-order valence-corrected chi connectivity index (χ3v) is 4.71. The van der Waals surface area contributed by atoms with E-state index < -0.39 is 0 Å². The third-order valence-electron chi connectivity index (χ3n) is 3.43. The maximum atomic E-state index is 4.57. The topological polar surface area (TPSA) is 27.6 Å².